The van der Waals surface area contributed by atoms with Gasteiger partial charge in [-0.3, -0.25) is 14.4 Å². The lowest BCUT2D eigenvalue weighted by atomic mass is 9.92. The van der Waals surface area contributed by atoms with Crippen molar-refractivity contribution >= 4 is 55.8 Å². The molecule has 0 spiro atoms. The molecule has 0 fully saturated rings. The number of thiol groups is 3. The van der Waals surface area contributed by atoms with Gasteiger partial charge in [0.1, 0.15) is 19.8 Å². The SMILES string of the molecule is O=C(CCS)OCC(CO)(COC(=O)CCS)COC(=O)CCS. The summed E-state index contributed by atoms with van der Waals surface area (Å²) >= 11 is 11.8. The van der Waals surface area contributed by atoms with Gasteiger partial charge in [-0.25, -0.2) is 0 Å². The third-order valence-electron chi connectivity index (χ3n) is 2.90. The molecule has 0 bridgehead atoms. The van der Waals surface area contributed by atoms with Crippen molar-refractivity contribution in [2.75, 3.05) is 43.7 Å². The number of ether oxygens (including phenoxy) is 3. The van der Waals surface area contributed by atoms with Crippen LogP contribution in [0.25, 0.3) is 0 Å². The molecule has 24 heavy (non-hydrogen) atoms. The van der Waals surface area contributed by atoms with E-state index in [1.807, 2.05) is 0 Å². The first-order chi connectivity index (χ1) is 11.4. The molecule has 0 aromatic heterocycles. The van der Waals surface area contributed by atoms with E-state index in [1.165, 1.54) is 0 Å². The number of carbonyl (C=O) groups is 3. The van der Waals surface area contributed by atoms with E-state index in [0.717, 1.165) is 0 Å². The summed E-state index contributed by atoms with van der Waals surface area (Å²) in [4.78, 5) is 34.5. The lowest BCUT2D eigenvalue weighted by Gasteiger charge is -2.30. The number of aliphatic hydroxyl groups excluding tert-OH is 1. The predicted octanol–water partition coefficient (Wildman–Crippen LogP) is 0.554. The highest BCUT2D eigenvalue weighted by atomic mass is 32.1. The van der Waals surface area contributed by atoms with Crippen molar-refractivity contribution in [1.82, 2.24) is 0 Å². The van der Waals surface area contributed by atoms with Gasteiger partial charge in [-0.2, -0.15) is 37.9 Å². The highest BCUT2D eigenvalue weighted by Gasteiger charge is 2.35. The van der Waals surface area contributed by atoms with Crippen LogP contribution >= 0.6 is 37.9 Å². The molecule has 1 N–H and O–H groups in total. The molecular weight excluding hydrogens is 376 g/mol. The molecule has 0 heterocycles. The molecule has 0 aliphatic carbocycles. The van der Waals surface area contributed by atoms with Crippen LogP contribution in [-0.4, -0.2) is 66.7 Å². The van der Waals surface area contributed by atoms with Crippen molar-refractivity contribution < 1.29 is 33.7 Å². The number of hydrogen-bond acceptors (Lipinski definition) is 10. The van der Waals surface area contributed by atoms with Gasteiger partial charge < -0.3 is 19.3 Å². The van der Waals surface area contributed by atoms with Crippen LogP contribution in [0.1, 0.15) is 19.3 Å². The molecule has 140 valence electrons. The Morgan fingerprint density at radius 1 is 0.708 bits per heavy atom. The first kappa shape index (κ1) is 23.4. The Hall–Kier alpha value is -0.580. The standard InChI is InChI=1S/C14H24O7S3/c15-7-14(8-19-11(16)1-4-22,9-20-12(17)2-5-23)10-21-13(18)3-6-24/h15,22-24H,1-10H2. The Morgan fingerprint density at radius 2 is 1.00 bits per heavy atom. The summed E-state index contributed by atoms with van der Waals surface area (Å²) in [7, 11) is 0. The van der Waals surface area contributed by atoms with E-state index in [-0.39, 0.29) is 39.1 Å². The van der Waals surface area contributed by atoms with Crippen molar-refractivity contribution in [2.24, 2.45) is 5.41 Å². The minimum Gasteiger partial charge on any atom is -0.465 e. The zero-order valence-corrected chi connectivity index (χ0v) is 16.0. The van der Waals surface area contributed by atoms with E-state index in [0.29, 0.717) is 17.3 Å². The minimum absolute atomic E-state index is 0.101. The summed E-state index contributed by atoms with van der Waals surface area (Å²) in [5.74, 6) is -0.570. The fourth-order valence-corrected chi connectivity index (χ4v) is 2.00. The Bertz CT molecular complexity index is 349. The van der Waals surface area contributed by atoms with Gasteiger partial charge in [0.25, 0.3) is 0 Å². The third kappa shape index (κ3) is 10.3. The van der Waals surface area contributed by atoms with Gasteiger partial charge in [0.15, 0.2) is 0 Å². The minimum atomic E-state index is -1.22. The summed E-state index contributed by atoms with van der Waals surface area (Å²) in [6.07, 6.45) is 0.302. The van der Waals surface area contributed by atoms with E-state index >= 15 is 0 Å². The topological polar surface area (TPSA) is 99.1 Å². The average Bonchev–Trinajstić information content (AvgIpc) is 2.55. The highest BCUT2D eigenvalue weighted by Crippen LogP contribution is 2.20. The lowest BCUT2D eigenvalue weighted by molar-refractivity contribution is -0.164. The Kier molecular flexibility index (Phi) is 13.4. The number of rotatable bonds is 13. The lowest BCUT2D eigenvalue weighted by Crippen LogP contribution is -2.42. The van der Waals surface area contributed by atoms with Crippen LogP contribution in [0, 0.1) is 5.41 Å². The molecule has 0 rings (SSSR count). The Balaban J connectivity index is 4.81. The van der Waals surface area contributed by atoms with Crippen LogP contribution in [0.5, 0.6) is 0 Å². The normalized spacial score (nSPS) is 11.0. The van der Waals surface area contributed by atoms with E-state index in [2.05, 4.69) is 37.9 Å². The molecule has 0 atom stereocenters. The Labute approximate surface area is 158 Å². The van der Waals surface area contributed by atoms with Gasteiger partial charge in [-0.05, 0) is 0 Å². The van der Waals surface area contributed by atoms with Crippen molar-refractivity contribution in [3.63, 3.8) is 0 Å². The molecule has 0 aromatic rings. The molecule has 0 aliphatic heterocycles. The molecule has 0 unspecified atom stereocenters. The van der Waals surface area contributed by atoms with Gasteiger partial charge in [-0.15, -0.1) is 0 Å². The van der Waals surface area contributed by atoms with Crippen LogP contribution in [0.4, 0.5) is 0 Å². The van der Waals surface area contributed by atoms with Crippen LogP contribution in [-0.2, 0) is 28.6 Å². The van der Waals surface area contributed by atoms with Crippen LogP contribution in [0.3, 0.4) is 0 Å². The number of esters is 3. The zero-order valence-electron chi connectivity index (χ0n) is 13.3. The summed E-state index contributed by atoms with van der Waals surface area (Å²) in [5, 5.41) is 9.69. The second kappa shape index (κ2) is 13.7. The molecule has 0 aromatic carbocycles. The van der Waals surface area contributed by atoms with Crippen LogP contribution in [0.15, 0.2) is 0 Å². The molecule has 7 nitrogen and oxygen atoms in total. The zero-order chi connectivity index (χ0) is 18.4. The van der Waals surface area contributed by atoms with Gasteiger partial charge in [-0.1, -0.05) is 0 Å². The quantitative estimate of drug-likeness (QED) is 0.204. The second-order valence-corrected chi connectivity index (χ2v) is 6.40. The molecule has 0 saturated heterocycles. The number of carbonyl (C=O) groups excluding carboxylic acids is 3. The number of aliphatic hydroxyl groups is 1. The fourth-order valence-electron chi connectivity index (χ4n) is 1.45. The molecular formula is C14H24O7S3. The number of hydrogen-bond donors (Lipinski definition) is 4. The summed E-state index contributed by atoms with van der Waals surface area (Å²) in [6.45, 7) is -1.25. The molecule has 0 saturated carbocycles. The first-order valence-corrected chi connectivity index (χ1v) is 9.23. The van der Waals surface area contributed by atoms with E-state index in [1.54, 1.807) is 0 Å². The fraction of sp³-hybridized carbons (Fsp3) is 0.786. The first-order valence-electron chi connectivity index (χ1n) is 7.33. The second-order valence-electron chi connectivity index (χ2n) is 5.06. The van der Waals surface area contributed by atoms with Crippen molar-refractivity contribution in [1.29, 1.82) is 0 Å². The molecule has 0 amide bonds. The van der Waals surface area contributed by atoms with Crippen LogP contribution in [0.2, 0.25) is 0 Å². The van der Waals surface area contributed by atoms with E-state index in [9.17, 15) is 19.5 Å². The summed E-state index contributed by atoms with van der Waals surface area (Å²) < 4.78 is 15.2. The van der Waals surface area contributed by atoms with Crippen molar-refractivity contribution in [3.05, 3.63) is 0 Å². The van der Waals surface area contributed by atoms with E-state index < -0.39 is 29.9 Å². The maximum absolute atomic E-state index is 11.5. The maximum atomic E-state index is 11.5. The van der Waals surface area contributed by atoms with E-state index in [4.69, 9.17) is 14.2 Å². The molecule has 10 heteroatoms. The molecule has 0 aliphatic rings. The van der Waals surface area contributed by atoms with Gasteiger partial charge in [0, 0.05) is 17.3 Å². The van der Waals surface area contributed by atoms with Crippen LogP contribution < -0.4 is 0 Å². The van der Waals surface area contributed by atoms with Gasteiger partial charge in [0.2, 0.25) is 0 Å². The average molecular weight is 401 g/mol. The summed E-state index contributed by atoms with van der Waals surface area (Å²) in [6, 6.07) is 0. The smallest absolute Gasteiger partial charge is 0.306 e. The third-order valence-corrected chi connectivity index (χ3v) is 3.57. The monoisotopic (exact) mass is 400 g/mol. The van der Waals surface area contributed by atoms with Crippen molar-refractivity contribution in [2.45, 2.75) is 19.3 Å². The van der Waals surface area contributed by atoms with Gasteiger partial charge in [0.05, 0.1) is 31.3 Å². The maximum Gasteiger partial charge on any atom is 0.306 e. The predicted molar refractivity (Wildman–Crippen MR) is 97.8 cm³/mol. The summed E-state index contributed by atoms with van der Waals surface area (Å²) in [5.41, 5.74) is -1.22. The van der Waals surface area contributed by atoms with Gasteiger partial charge >= 0.3 is 17.9 Å². The highest BCUT2D eigenvalue weighted by molar-refractivity contribution is 7.80. The Morgan fingerprint density at radius 3 is 1.21 bits per heavy atom. The van der Waals surface area contributed by atoms with Crippen molar-refractivity contribution in [3.8, 4) is 0 Å². The molecule has 0 radical (unpaired) electrons. The largest absolute Gasteiger partial charge is 0.465 e.